The Morgan fingerprint density at radius 3 is 2.79 bits per heavy atom. The van der Waals surface area contributed by atoms with Crippen molar-refractivity contribution in [3.05, 3.63) is 46.6 Å². The maximum Gasteiger partial charge on any atom is 0.340 e. The molecule has 0 saturated carbocycles. The highest BCUT2D eigenvalue weighted by molar-refractivity contribution is 9.10. The highest BCUT2D eigenvalue weighted by Crippen LogP contribution is 2.35. The van der Waals surface area contributed by atoms with Gasteiger partial charge in [-0.3, -0.25) is 0 Å². The highest BCUT2D eigenvalue weighted by atomic mass is 79.9. The van der Waals surface area contributed by atoms with Gasteiger partial charge in [0.25, 0.3) is 0 Å². The van der Waals surface area contributed by atoms with Gasteiger partial charge in [-0.15, -0.1) is 0 Å². The number of ether oxygens (including phenoxy) is 1. The van der Waals surface area contributed by atoms with E-state index >= 15 is 0 Å². The zero-order valence-corrected chi connectivity index (χ0v) is 12.5. The molecule has 2 N–H and O–H groups in total. The van der Waals surface area contributed by atoms with E-state index in [9.17, 15) is 4.79 Å². The zero-order valence-electron chi connectivity index (χ0n) is 10.1. The minimum atomic E-state index is -0.464. The summed E-state index contributed by atoms with van der Waals surface area (Å²) in [5.41, 5.74) is 6.61. The molecular weight excluding hydrogens is 328 g/mol. The van der Waals surface area contributed by atoms with Crippen LogP contribution in [0.15, 0.2) is 50.9 Å². The number of nitrogens with two attached hydrogens (primary N) is 1. The second kappa shape index (κ2) is 6.08. The molecule has 1 aromatic carbocycles. The first-order chi connectivity index (χ1) is 9.13. The average molecular weight is 339 g/mol. The normalized spacial score (nSPS) is 10.2. The molecule has 1 aromatic heterocycles. The minimum absolute atomic E-state index is 0.326. The molecule has 0 amide bonds. The SMILES string of the molecule is COC(=O)c1ccnc(Sc2ccccc2Br)c1N. The Bertz CT molecular complexity index is 619. The first-order valence-electron chi connectivity index (χ1n) is 5.38. The lowest BCUT2D eigenvalue weighted by molar-refractivity contribution is 0.0601. The molecule has 0 fully saturated rings. The molecule has 0 aliphatic carbocycles. The largest absolute Gasteiger partial charge is 0.465 e. The Morgan fingerprint density at radius 2 is 2.11 bits per heavy atom. The first kappa shape index (κ1) is 13.9. The first-order valence-corrected chi connectivity index (χ1v) is 6.99. The molecule has 4 nitrogen and oxygen atoms in total. The molecule has 0 aliphatic heterocycles. The molecule has 98 valence electrons. The molecule has 0 saturated heterocycles. The molecule has 19 heavy (non-hydrogen) atoms. The molecule has 0 bridgehead atoms. The predicted octanol–water partition coefficient (Wildman–Crippen LogP) is 3.36. The number of hydrogen-bond donors (Lipinski definition) is 1. The molecule has 2 rings (SSSR count). The number of pyridine rings is 1. The maximum atomic E-state index is 11.6. The zero-order chi connectivity index (χ0) is 13.8. The van der Waals surface area contributed by atoms with Crippen LogP contribution in [0, 0.1) is 0 Å². The number of benzene rings is 1. The Hall–Kier alpha value is -1.53. The lowest BCUT2D eigenvalue weighted by Gasteiger charge is -2.09. The Labute approximate surface area is 123 Å². The van der Waals surface area contributed by atoms with Crippen molar-refractivity contribution in [3.8, 4) is 0 Å². The van der Waals surface area contributed by atoms with Gasteiger partial charge in [-0.05, 0) is 34.1 Å². The van der Waals surface area contributed by atoms with Crippen molar-refractivity contribution < 1.29 is 9.53 Å². The average Bonchev–Trinajstić information content (AvgIpc) is 2.42. The fourth-order valence-electron chi connectivity index (χ4n) is 1.45. The molecule has 0 unspecified atom stereocenters. The van der Waals surface area contributed by atoms with Crippen molar-refractivity contribution >= 4 is 39.3 Å². The second-order valence-electron chi connectivity index (χ2n) is 3.60. The van der Waals surface area contributed by atoms with E-state index in [4.69, 9.17) is 5.73 Å². The summed E-state index contributed by atoms with van der Waals surface area (Å²) in [6.45, 7) is 0. The van der Waals surface area contributed by atoms with Gasteiger partial charge in [0.15, 0.2) is 0 Å². The summed E-state index contributed by atoms with van der Waals surface area (Å²) in [6.07, 6.45) is 1.54. The van der Waals surface area contributed by atoms with Crippen LogP contribution in [-0.2, 0) is 4.74 Å². The lowest BCUT2D eigenvalue weighted by atomic mass is 10.2. The monoisotopic (exact) mass is 338 g/mol. The number of esters is 1. The number of carbonyl (C=O) groups excluding carboxylic acids is 1. The van der Waals surface area contributed by atoms with Crippen LogP contribution in [0.4, 0.5) is 5.69 Å². The van der Waals surface area contributed by atoms with Gasteiger partial charge in [-0.1, -0.05) is 23.9 Å². The third kappa shape index (κ3) is 3.08. The summed E-state index contributed by atoms with van der Waals surface area (Å²) in [7, 11) is 1.32. The molecule has 0 spiro atoms. The minimum Gasteiger partial charge on any atom is -0.465 e. The number of halogens is 1. The van der Waals surface area contributed by atoms with Crippen LogP contribution in [0.5, 0.6) is 0 Å². The van der Waals surface area contributed by atoms with E-state index in [2.05, 4.69) is 25.7 Å². The van der Waals surface area contributed by atoms with Crippen molar-refractivity contribution in [2.24, 2.45) is 0 Å². The number of anilines is 1. The van der Waals surface area contributed by atoms with Crippen LogP contribution in [-0.4, -0.2) is 18.1 Å². The summed E-state index contributed by atoms with van der Waals surface area (Å²) in [6, 6.07) is 9.28. The van der Waals surface area contributed by atoms with Gasteiger partial charge in [-0.25, -0.2) is 9.78 Å². The summed E-state index contributed by atoms with van der Waals surface area (Å²) < 4.78 is 5.63. The van der Waals surface area contributed by atoms with Gasteiger partial charge in [-0.2, -0.15) is 0 Å². The standard InChI is InChI=1S/C13H11BrN2O2S/c1-18-13(17)8-6-7-16-12(11(8)15)19-10-5-3-2-4-9(10)14/h2-7H,15H2,1H3. The molecule has 0 aliphatic rings. The van der Waals surface area contributed by atoms with Crippen LogP contribution < -0.4 is 5.73 Å². The quantitative estimate of drug-likeness (QED) is 0.869. The third-order valence-electron chi connectivity index (χ3n) is 2.40. The predicted molar refractivity (Wildman–Crippen MR) is 78.3 cm³/mol. The number of rotatable bonds is 3. The molecule has 0 atom stereocenters. The van der Waals surface area contributed by atoms with Crippen molar-refractivity contribution in [1.82, 2.24) is 4.98 Å². The molecule has 6 heteroatoms. The van der Waals surface area contributed by atoms with Gasteiger partial charge >= 0.3 is 5.97 Å². The van der Waals surface area contributed by atoms with E-state index in [0.29, 0.717) is 16.3 Å². The van der Waals surface area contributed by atoms with E-state index in [0.717, 1.165) is 9.37 Å². The van der Waals surface area contributed by atoms with Crippen molar-refractivity contribution in [2.45, 2.75) is 9.92 Å². The van der Waals surface area contributed by atoms with Crippen LogP contribution >= 0.6 is 27.7 Å². The number of nitrogens with zero attached hydrogens (tertiary/aromatic N) is 1. The van der Waals surface area contributed by atoms with Gasteiger partial charge < -0.3 is 10.5 Å². The second-order valence-corrected chi connectivity index (χ2v) is 5.49. The van der Waals surface area contributed by atoms with E-state index in [1.54, 1.807) is 12.3 Å². The third-order valence-corrected chi connectivity index (χ3v) is 4.45. The summed E-state index contributed by atoms with van der Waals surface area (Å²) in [4.78, 5) is 16.7. The summed E-state index contributed by atoms with van der Waals surface area (Å²) in [5.74, 6) is -0.464. The van der Waals surface area contributed by atoms with Gasteiger partial charge in [0.2, 0.25) is 0 Å². The topological polar surface area (TPSA) is 65.2 Å². The van der Waals surface area contributed by atoms with E-state index in [1.165, 1.54) is 18.9 Å². The summed E-state index contributed by atoms with van der Waals surface area (Å²) in [5, 5.41) is 0.579. The molecule has 0 radical (unpaired) electrons. The Balaban J connectivity index is 2.37. The van der Waals surface area contributed by atoms with E-state index < -0.39 is 5.97 Å². The fourth-order valence-corrected chi connectivity index (χ4v) is 2.84. The van der Waals surface area contributed by atoms with Crippen LogP contribution in [0.1, 0.15) is 10.4 Å². The smallest absolute Gasteiger partial charge is 0.340 e. The number of hydrogen-bond acceptors (Lipinski definition) is 5. The van der Waals surface area contributed by atoms with Crippen molar-refractivity contribution in [2.75, 3.05) is 12.8 Å². The molecule has 2 aromatic rings. The molecule has 1 heterocycles. The number of methoxy groups -OCH3 is 1. The lowest BCUT2D eigenvalue weighted by Crippen LogP contribution is -2.07. The van der Waals surface area contributed by atoms with E-state index in [-0.39, 0.29) is 0 Å². The van der Waals surface area contributed by atoms with Crippen molar-refractivity contribution in [1.29, 1.82) is 0 Å². The number of aromatic nitrogens is 1. The van der Waals surface area contributed by atoms with Crippen LogP contribution in [0.25, 0.3) is 0 Å². The number of nitrogen functional groups attached to an aromatic ring is 1. The summed E-state index contributed by atoms with van der Waals surface area (Å²) >= 11 is 4.85. The van der Waals surface area contributed by atoms with Gasteiger partial charge in [0, 0.05) is 15.6 Å². The Kier molecular flexibility index (Phi) is 4.44. The van der Waals surface area contributed by atoms with Crippen molar-refractivity contribution in [3.63, 3.8) is 0 Å². The van der Waals surface area contributed by atoms with Crippen LogP contribution in [0.3, 0.4) is 0 Å². The van der Waals surface area contributed by atoms with Gasteiger partial charge in [0.1, 0.15) is 5.03 Å². The molecular formula is C13H11BrN2O2S. The van der Waals surface area contributed by atoms with E-state index in [1.807, 2.05) is 24.3 Å². The number of carbonyl (C=O) groups is 1. The highest BCUT2D eigenvalue weighted by Gasteiger charge is 2.15. The van der Waals surface area contributed by atoms with Crippen LogP contribution in [0.2, 0.25) is 0 Å². The van der Waals surface area contributed by atoms with Gasteiger partial charge in [0.05, 0.1) is 18.4 Å². The Morgan fingerprint density at radius 1 is 1.37 bits per heavy atom. The maximum absolute atomic E-state index is 11.6. The fraction of sp³-hybridized carbons (Fsp3) is 0.0769.